The Morgan fingerprint density at radius 1 is 1.60 bits per heavy atom. The smallest absolute Gasteiger partial charge is 0.278 e. The van der Waals surface area contributed by atoms with Gasteiger partial charge in [0.15, 0.2) is 11.2 Å². The number of H-pyrrole nitrogens is 2. The first-order valence-corrected chi connectivity index (χ1v) is 4.14. The molecule has 2 aromatic rings. The molecule has 0 aliphatic heterocycles. The predicted octanol–water partition coefficient (Wildman–Crippen LogP) is -1.46. The fraction of sp³-hybridized carbons (Fsp3) is 0.143. The number of carbonyl (C=O) groups excluding carboxylic acids is 1. The number of aromatic nitrogens is 4. The van der Waals surface area contributed by atoms with Crippen LogP contribution in [0.4, 0.5) is 5.95 Å². The van der Waals surface area contributed by atoms with Crippen molar-refractivity contribution in [2.45, 2.75) is 0 Å². The maximum atomic E-state index is 11.4. The summed E-state index contributed by atoms with van der Waals surface area (Å²) < 4.78 is 0. The Bertz CT molecular complexity index is 556. The molecule has 0 radical (unpaired) electrons. The zero-order valence-corrected chi connectivity index (χ0v) is 7.57. The minimum atomic E-state index is -0.437. The Morgan fingerprint density at radius 2 is 2.40 bits per heavy atom. The number of hydrogen-bond donors (Lipinski definition) is 4. The van der Waals surface area contributed by atoms with E-state index in [1.54, 1.807) is 0 Å². The van der Waals surface area contributed by atoms with Gasteiger partial charge < -0.3 is 10.7 Å². The van der Waals surface area contributed by atoms with Crippen LogP contribution in [0.1, 0.15) is 0 Å². The van der Waals surface area contributed by atoms with Crippen molar-refractivity contribution in [3.05, 3.63) is 16.7 Å². The van der Waals surface area contributed by atoms with E-state index in [-0.39, 0.29) is 23.7 Å². The number of rotatable bonds is 2. The van der Waals surface area contributed by atoms with Crippen LogP contribution in [0.15, 0.2) is 11.1 Å². The van der Waals surface area contributed by atoms with Gasteiger partial charge in [-0.15, -0.1) is 0 Å². The minimum Gasteiger partial charge on any atom is -0.339 e. The van der Waals surface area contributed by atoms with E-state index in [2.05, 4.69) is 25.3 Å². The molecule has 0 saturated heterocycles. The molecule has 15 heavy (non-hydrogen) atoms. The number of aromatic amines is 2. The summed E-state index contributed by atoms with van der Waals surface area (Å²) in [6.45, 7) is -0.178. The molecule has 5 N–H and O–H groups in total. The van der Waals surface area contributed by atoms with Gasteiger partial charge in [-0.2, -0.15) is 4.98 Å². The summed E-state index contributed by atoms with van der Waals surface area (Å²) in [4.78, 5) is 35.0. The highest BCUT2D eigenvalue weighted by Crippen LogP contribution is 2.02. The number of imidazole rings is 1. The number of nitrogens with zero attached hydrogens (tertiary/aromatic N) is 2. The van der Waals surface area contributed by atoms with Gasteiger partial charge in [0.2, 0.25) is 11.9 Å². The van der Waals surface area contributed by atoms with Gasteiger partial charge >= 0.3 is 0 Å². The number of carbonyl (C=O) groups is 1. The molecule has 2 rings (SSSR count). The minimum absolute atomic E-state index is 0.0371. The van der Waals surface area contributed by atoms with Crippen molar-refractivity contribution < 1.29 is 4.79 Å². The largest absolute Gasteiger partial charge is 0.339 e. The first-order valence-electron chi connectivity index (χ1n) is 4.14. The quantitative estimate of drug-likeness (QED) is 0.479. The second kappa shape index (κ2) is 3.50. The van der Waals surface area contributed by atoms with Crippen LogP contribution in [-0.4, -0.2) is 32.4 Å². The Kier molecular flexibility index (Phi) is 2.18. The summed E-state index contributed by atoms with van der Waals surface area (Å²) in [5.74, 6) is -0.400. The number of nitrogens with two attached hydrogens (primary N) is 1. The molecule has 0 unspecified atom stereocenters. The highest BCUT2D eigenvalue weighted by atomic mass is 16.2. The van der Waals surface area contributed by atoms with Crippen molar-refractivity contribution in [2.24, 2.45) is 5.73 Å². The second-order valence-corrected chi connectivity index (χ2v) is 2.77. The van der Waals surface area contributed by atoms with E-state index in [0.29, 0.717) is 0 Å². The highest BCUT2D eigenvalue weighted by Gasteiger charge is 2.07. The molecular weight excluding hydrogens is 200 g/mol. The lowest BCUT2D eigenvalue weighted by atomic mass is 10.5. The normalized spacial score (nSPS) is 10.5. The van der Waals surface area contributed by atoms with Gasteiger partial charge in [-0.25, -0.2) is 4.98 Å². The zero-order valence-electron chi connectivity index (χ0n) is 7.57. The Labute approximate surface area is 82.9 Å². The van der Waals surface area contributed by atoms with Crippen LogP contribution in [-0.2, 0) is 4.79 Å². The number of hydrogen-bond acceptors (Lipinski definition) is 5. The molecule has 0 saturated carbocycles. The lowest BCUT2D eigenvalue weighted by molar-refractivity contribution is -0.114. The van der Waals surface area contributed by atoms with Crippen molar-refractivity contribution in [1.82, 2.24) is 19.9 Å². The van der Waals surface area contributed by atoms with Crippen LogP contribution in [0.2, 0.25) is 0 Å². The number of anilines is 1. The standard InChI is InChI=1S/C7H8N6O2/c8-1-3(14)11-7-12-5-4(6(15)13-7)9-2-10-5/h2H,1,8H2,(H3,9,10,11,12,13,14,15). The van der Waals surface area contributed by atoms with Gasteiger partial charge in [-0.1, -0.05) is 0 Å². The van der Waals surface area contributed by atoms with E-state index < -0.39 is 11.5 Å². The highest BCUT2D eigenvalue weighted by molar-refractivity contribution is 5.90. The Morgan fingerprint density at radius 3 is 3.13 bits per heavy atom. The van der Waals surface area contributed by atoms with Crippen LogP contribution in [0.25, 0.3) is 11.2 Å². The third-order valence-corrected chi connectivity index (χ3v) is 1.74. The number of amides is 1. The van der Waals surface area contributed by atoms with Gasteiger partial charge in [0.25, 0.3) is 5.56 Å². The number of fused-ring (bicyclic) bond motifs is 1. The van der Waals surface area contributed by atoms with E-state index in [4.69, 9.17) is 5.73 Å². The molecule has 8 heteroatoms. The first-order chi connectivity index (χ1) is 7.20. The van der Waals surface area contributed by atoms with Crippen LogP contribution in [0.5, 0.6) is 0 Å². The average molecular weight is 208 g/mol. The molecule has 78 valence electrons. The SMILES string of the molecule is NCC(=O)Nc1nc2nc[nH]c2c(=O)[nH]1. The molecule has 2 heterocycles. The predicted molar refractivity (Wildman–Crippen MR) is 52.2 cm³/mol. The van der Waals surface area contributed by atoms with Crippen molar-refractivity contribution in [1.29, 1.82) is 0 Å². The van der Waals surface area contributed by atoms with Gasteiger partial charge in [0, 0.05) is 0 Å². The van der Waals surface area contributed by atoms with Gasteiger partial charge in [0.1, 0.15) is 0 Å². The van der Waals surface area contributed by atoms with E-state index in [9.17, 15) is 9.59 Å². The van der Waals surface area contributed by atoms with Gasteiger partial charge in [-0.05, 0) is 0 Å². The monoisotopic (exact) mass is 208 g/mol. The lowest BCUT2D eigenvalue weighted by Crippen LogP contribution is -2.24. The third-order valence-electron chi connectivity index (χ3n) is 1.74. The van der Waals surface area contributed by atoms with Crippen molar-refractivity contribution >= 4 is 23.0 Å². The lowest BCUT2D eigenvalue weighted by Gasteiger charge is -2.00. The molecular formula is C7H8N6O2. The van der Waals surface area contributed by atoms with Crippen LogP contribution in [0.3, 0.4) is 0 Å². The van der Waals surface area contributed by atoms with Crippen molar-refractivity contribution in [3.63, 3.8) is 0 Å². The molecule has 8 nitrogen and oxygen atoms in total. The molecule has 1 amide bonds. The maximum Gasteiger partial charge on any atom is 0.278 e. The molecule has 0 aromatic carbocycles. The van der Waals surface area contributed by atoms with Crippen LogP contribution < -0.4 is 16.6 Å². The Hall–Kier alpha value is -2.22. The zero-order chi connectivity index (χ0) is 10.8. The first kappa shape index (κ1) is 9.34. The van der Waals surface area contributed by atoms with E-state index in [1.165, 1.54) is 6.33 Å². The molecule has 0 atom stereocenters. The van der Waals surface area contributed by atoms with E-state index in [0.717, 1.165) is 0 Å². The molecule has 0 bridgehead atoms. The molecule has 0 aliphatic rings. The summed E-state index contributed by atoms with van der Waals surface area (Å²) in [5.41, 5.74) is 5.20. The summed E-state index contributed by atoms with van der Waals surface area (Å²) >= 11 is 0. The fourth-order valence-electron chi connectivity index (χ4n) is 1.09. The summed E-state index contributed by atoms with van der Waals surface area (Å²) in [5, 5.41) is 2.33. The van der Waals surface area contributed by atoms with Crippen LogP contribution in [0, 0.1) is 0 Å². The van der Waals surface area contributed by atoms with Crippen LogP contribution >= 0.6 is 0 Å². The van der Waals surface area contributed by atoms with E-state index >= 15 is 0 Å². The molecule has 0 aliphatic carbocycles. The third kappa shape index (κ3) is 1.70. The molecule has 2 aromatic heterocycles. The topological polar surface area (TPSA) is 130 Å². The number of nitrogens with one attached hydrogen (secondary N) is 3. The summed E-state index contributed by atoms with van der Waals surface area (Å²) in [6.07, 6.45) is 1.35. The maximum absolute atomic E-state index is 11.4. The summed E-state index contributed by atoms with van der Waals surface area (Å²) in [7, 11) is 0. The average Bonchev–Trinajstić information content (AvgIpc) is 2.66. The summed E-state index contributed by atoms with van der Waals surface area (Å²) in [6, 6.07) is 0. The second-order valence-electron chi connectivity index (χ2n) is 2.77. The Balaban J connectivity index is 2.45. The molecule has 0 spiro atoms. The van der Waals surface area contributed by atoms with E-state index in [1.807, 2.05) is 0 Å². The van der Waals surface area contributed by atoms with Crippen molar-refractivity contribution in [2.75, 3.05) is 11.9 Å². The van der Waals surface area contributed by atoms with Crippen molar-refractivity contribution in [3.8, 4) is 0 Å². The van der Waals surface area contributed by atoms with Gasteiger partial charge in [0.05, 0.1) is 12.9 Å². The fourth-order valence-corrected chi connectivity index (χ4v) is 1.09. The molecule has 0 fully saturated rings. The van der Waals surface area contributed by atoms with Gasteiger partial charge in [-0.3, -0.25) is 19.9 Å².